The second-order valence-electron chi connectivity index (χ2n) is 2.32. The van der Waals surface area contributed by atoms with Crippen molar-refractivity contribution in [2.24, 2.45) is 0 Å². The number of benzene rings is 1. The molecule has 0 radical (unpaired) electrons. The minimum atomic E-state index is 0. The number of phenols is 1. The van der Waals surface area contributed by atoms with E-state index in [9.17, 15) is 5.11 Å². The third-order valence-corrected chi connectivity index (χ3v) is 1.33. The van der Waals surface area contributed by atoms with E-state index in [0.29, 0.717) is 12.4 Å². The summed E-state index contributed by atoms with van der Waals surface area (Å²) in [5, 5.41) is 9.21. The second-order valence-corrected chi connectivity index (χ2v) is 2.32. The highest BCUT2D eigenvalue weighted by Gasteiger charge is 1.97. The van der Waals surface area contributed by atoms with Gasteiger partial charge in [0.2, 0.25) is 0 Å². The van der Waals surface area contributed by atoms with Gasteiger partial charge in [-0.25, -0.2) is 0 Å². The van der Waals surface area contributed by atoms with E-state index in [1.807, 2.05) is 13.0 Å². The van der Waals surface area contributed by atoms with Crippen molar-refractivity contribution >= 4 is 12.4 Å². The monoisotopic (exact) mass is 188 g/mol. The van der Waals surface area contributed by atoms with E-state index in [1.54, 1.807) is 18.2 Å². The van der Waals surface area contributed by atoms with Gasteiger partial charge in [-0.05, 0) is 18.6 Å². The fourth-order valence-electron chi connectivity index (χ4n) is 0.791. The van der Waals surface area contributed by atoms with Gasteiger partial charge in [-0.1, -0.05) is 19.1 Å². The summed E-state index contributed by atoms with van der Waals surface area (Å²) in [6.45, 7) is 2.68. The maximum Gasteiger partial charge on any atom is 0.160 e. The third-order valence-electron chi connectivity index (χ3n) is 1.33. The van der Waals surface area contributed by atoms with E-state index in [0.717, 1.165) is 6.42 Å². The molecule has 1 rings (SSSR count). The van der Waals surface area contributed by atoms with Gasteiger partial charge in [0, 0.05) is 0 Å². The van der Waals surface area contributed by atoms with E-state index in [-0.39, 0.29) is 18.2 Å². The molecule has 12 heavy (non-hydrogen) atoms. The van der Waals surface area contributed by atoms with Gasteiger partial charge in [0.1, 0.15) is 0 Å². The lowest BCUT2D eigenvalue weighted by molar-refractivity contribution is 0.299. The summed E-state index contributed by atoms with van der Waals surface area (Å²) in [4.78, 5) is 0. The molecule has 0 heterocycles. The predicted molar refractivity (Wildman–Crippen MR) is 51.1 cm³/mol. The molecule has 0 spiro atoms. The quantitative estimate of drug-likeness (QED) is 0.790. The molecule has 1 aromatic carbocycles. The van der Waals surface area contributed by atoms with Crippen LogP contribution in [0, 0.1) is 0 Å². The lowest BCUT2D eigenvalue weighted by atomic mass is 10.3. The van der Waals surface area contributed by atoms with Gasteiger partial charge in [0.05, 0.1) is 6.61 Å². The average Bonchev–Trinajstić information content (AvgIpc) is 2.03. The third kappa shape index (κ3) is 3.01. The minimum absolute atomic E-state index is 0. The Morgan fingerprint density at radius 1 is 1.33 bits per heavy atom. The Balaban J connectivity index is 0.00000121. The molecule has 68 valence electrons. The molecule has 0 saturated heterocycles. The molecule has 0 aliphatic rings. The smallest absolute Gasteiger partial charge is 0.160 e. The molecule has 0 saturated carbocycles. The first-order valence-corrected chi connectivity index (χ1v) is 3.75. The number of para-hydroxylation sites is 2. The summed E-state index contributed by atoms with van der Waals surface area (Å²) >= 11 is 0. The molecule has 2 nitrogen and oxygen atoms in total. The van der Waals surface area contributed by atoms with Crippen molar-refractivity contribution in [1.29, 1.82) is 0 Å². The van der Waals surface area contributed by atoms with Gasteiger partial charge in [0.15, 0.2) is 11.5 Å². The number of rotatable bonds is 3. The van der Waals surface area contributed by atoms with Crippen molar-refractivity contribution in [1.82, 2.24) is 0 Å². The number of hydrogen-bond donors (Lipinski definition) is 1. The fraction of sp³-hybridized carbons (Fsp3) is 0.333. The summed E-state index contributed by atoms with van der Waals surface area (Å²) in [6.07, 6.45) is 0.953. The zero-order valence-electron chi connectivity index (χ0n) is 6.99. The lowest BCUT2D eigenvalue weighted by Gasteiger charge is -2.04. The molecule has 0 fully saturated rings. The molecule has 0 atom stereocenters. The van der Waals surface area contributed by atoms with Crippen LogP contribution >= 0.6 is 12.4 Å². The predicted octanol–water partition coefficient (Wildman–Crippen LogP) is 2.60. The molecule has 0 aliphatic carbocycles. The van der Waals surface area contributed by atoms with Gasteiger partial charge in [0.25, 0.3) is 0 Å². The Kier molecular flexibility index (Phi) is 5.30. The van der Waals surface area contributed by atoms with Crippen LogP contribution in [0.1, 0.15) is 13.3 Å². The molecule has 0 aromatic heterocycles. The first-order chi connectivity index (χ1) is 5.34. The first-order valence-electron chi connectivity index (χ1n) is 3.75. The van der Waals surface area contributed by atoms with Crippen LogP contribution in [-0.2, 0) is 0 Å². The average molecular weight is 189 g/mol. The number of phenolic OH excluding ortho intramolecular Hbond substituents is 1. The van der Waals surface area contributed by atoms with Crippen molar-refractivity contribution in [3.63, 3.8) is 0 Å². The highest BCUT2D eigenvalue weighted by Crippen LogP contribution is 2.24. The summed E-state index contributed by atoms with van der Waals surface area (Å²) in [7, 11) is 0. The molecule has 0 bridgehead atoms. The topological polar surface area (TPSA) is 29.5 Å². The lowest BCUT2D eigenvalue weighted by Crippen LogP contribution is -1.94. The highest BCUT2D eigenvalue weighted by atomic mass is 35.5. The summed E-state index contributed by atoms with van der Waals surface area (Å²) in [5.41, 5.74) is 0. The summed E-state index contributed by atoms with van der Waals surface area (Å²) < 4.78 is 5.24. The summed E-state index contributed by atoms with van der Waals surface area (Å²) in [5.74, 6) is 0.773. The van der Waals surface area contributed by atoms with E-state index in [4.69, 9.17) is 4.74 Å². The van der Waals surface area contributed by atoms with Crippen molar-refractivity contribution < 1.29 is 9.84 Å². The Bertz CT molecular complexity index is 226. The van der Waals surface area contributed by atoms with Gasteiger partial charge in [-0.3, -0.25) is 0 Å². The summed E-state index contributed by atoms with van der Waals surface area (Å²) in [6, 6.07) is 6.98. The van der Waals surface area contributed by atoms with E-state index >= 15 is 0 Å². The first kappa shape index (κ1) is 11.1. The van der Waals surface area contributed by atoms with E-state index in [1.165, 1.54) is 0 Å². The Labute approximate surface area is 78.6 Å². The van der Waals surface area contributed by atoms with Crippen molar-refractivity contribution in [2.45, 2.75) is 13.3 Å². The van der Waals surface area contributed by atoms with Crippen molar-refractivity contribution in [3.05, 3.63) is 24.3 Å². The van der Waals surface area contributed by atoms with Gasteiger partial charge in [-0.2, -0.15) is 0 Å². The van der Waals surface area contributed by atoms with E-state index < -0.39 is 0 Å². The molecular weight excluding hydrogens is 176 g/mol. The SMILES string of the molecule is CCCOc1ccccc1O.Cl. The molecule has 0 unspecified atom stereocenters. The van der Waals surface area contributed by atoms with Crippen LogP contribution in [0.4, 0.5) is 0 Å². The van der Waals surface area contributed by atoms with Crippen molar-refractivity contribution in [2.75, 3.05) is 6.61 Å². The maximum absolute atomic E-state index is 9.21. The molecule has 1 aromatic rings. The van der Waals surface area contributed by atoms with Crippen LogP contribution in [0.5, 0.6) is 11.5 Å². The zero-order chi connectivity index (χ0) is 8.10. The van der Waals surface area contributed by atoms with Gasteiger partial charge >= 0.3 is 0 Å². The number of hydrogen-bond acceptors (Lipinski definition) is 2. The Hall–Kier alpha value is -0.890. The molecule has 1 N–H and O–H groups in total. The number of ether oxygens (including phenoxy) is 1. The molecular formula is C9H13ClO2. The minimum Gasteiger partial charge on any atom is -0.504 e. The second kappa shape index (κ2) is 5.72. The zero-order valence-corrected chi connectivity index (χ0v) is 7.80. The Morgan fingerprint density at radius 2 is 2.00 bits per heavy atom. The van der Waals surface area contributed by atoms with Gasteiger partial charge < -0.3 is 9.84 Å². The molecule has 0 aliphatic heterocycles. The van der Waals surface area contributed by atoms with Crippen LogP contribution in [0.2, 0.25) is 0 Å². The number of aromatic hydroxyl groups is 1. The number of halogens is 1. The van der Waals surface area contributed by atoms with Gasteiger partial charge in [-0.15, -0.1) is 12.4 Å². The van der Waals surface area contributed by atoms with Crippen LogP contribution in [-0.4, -0.2) is 11.7 Å². The molecule has 0 amide bonds. The standard InChI is InChI=1S/C9H12O2.ClH/c1-2-7-11-9-6-4-3-5-8(9)10;/h3-6,10H,2,7H2,1H3;1H. The molecule has 3 heteroatoms. The maximum atomic E-state index is 9.21. The van der Waals surface area contributed by atoms with Crippen LogP contribution in [0.15, 0.2) is 24.3 Å². The normalized spacial score (nSPS) is 8.75. The van der Waals surface area contributed by atoms with E-state index in [2.05, 4.69) is 0 Å². The van der Waals surface area contributed by atoms with Crippen molar-refractivity contribution in [3.8, 4) is 11.5 Å². The fourth-order valence-corrected chi connectivity index (χ4v) is 0.791. The Morgan fingerprint density at radius 3 is 2.58 bits per heavy atom. The highest BCUT2D eigenvalue weighted by molar-refractivity contribution is 5.85. The largest absolute Gasteiger partial charge is 0.504 e. The van der Waals surface area contributed by atoms with Crippen LogP contribution in [0.25, 0.3) is 0 Å². The van der Waals surface area contributed by atoms with Crippen LogP contribution in [0.3, 0.4) is 0 Å². The van der Waals surface area contributed by atoms with Crippen LogP contribution < -0.4 is 4.74 Å².